The molecule has 0 amide bonds. The molecule has 0 N–H and O–H groups in total. The van der Waals surface area contributed by atoms with E-state index in [0.717, 1.165) is 29.7 Å². The van der Waals surface area contributed by atoms with E-state index in [1.807, 2.05) is 25.1 Å². The van der Waals surface area contributed by atoms with Gasteiger partial charge >= 0.3 is 0 Å². The van der Waals surface area contributed by atoms with Crippen molar-refractivity contribution in [1.82, 2.24) is 9.97 Å². The highest BCUT2D eigenvalue weighted by Gasteiger charge is 2.28. The van der Waals surface area contributed by atoms with Crippen LogP contribution in [0.1, 0.15) is 52.4 Å². The van der Waals surface area contributed by atoms with Crippen molar-refractivity contribution in [2.24, 2.45) is 0 Å². The molecule has 2 aromatic heterocycles. The zero-order valence-corrected chi connectivity index (χ0v) is 18.9. The van der Waals surface area contributed by atoms with Gasteiger partial charge in [0, 0.05) is 35.2 Å². The molecular formula is C27H22ClFN2O2. The summed E-state index contributed by atoms with van der Waals surface area (Å²) in [5, 5.41) is 0.416. The number of benzene rings is 2. The maximum absolute atomic E-state index is 14.8. The molecule has 0 unspecified atom stereocenters. The lowest BCUT2D eigenvalue weighted by atomic mass is 9.95. The number of carbonyl (C=O) groups is 1. The minimum atomic E-state index is -0.330. The molecule has 1 saturated carbocycles. The molecule has 1 fully saturated rings. The van der Waals surface area contributed by atoms with E-state index in [1.165, 1.54) is 6.07 Å². The average molecular weight is 461 g/mol. The van der Waals surface area contributed by atoms with Gasteiger partial charge in [0.25, 0.3) is 0 Å². The van der Waals surface area contributed by atoms with Crippen molar-refractivity contribution >= 4 is 17.4 Å². The van der Waals surface area contributed by atoms with Crippen molar-refractivity contribution in [1.29, 1.82) is 0 Å². The van der Waals surface area contributed by atoms with Crippen molar-refractivity contribution in [3.05, 3.63) is 94.3 Å². The number of ketones is 1. The summed E-state index contributed by atoms with van der Waals surface area (Å²) in [6.07, 6.45) is 6.46. The number of pyridine rings is 1. The van der Waals surface area contributed by atoms with Crippen LogP contribution in [-0.4, -0.2) is 15.8 Å². The van der Waals surface area contributed by atoms with Crippen molar-refractivity contribution in [2.45, 2.75) is 38.5 Å². The Morgan fingerprint density at radius 3 is 2.61 bits per heavy atom. The Balaban J connectivity index is 1.49. The Bertz CT molecular complexity index is 1330. The first-order valence-corrected chi connectivity index (χ1v) is 11.4. The van der Waals surface area contributed by atoms with Gasteiger partial charge in [-0.2, -0.15) is 0 Å². The fourth-order valence-corrected chi connectivity index (χ4v) is 3.97. The monoisotopic (exact) mass is 460 g/mol. The van der Waals surface area contributed by atoms with Gasteiger partial charge in [-0.05, 0) is 73.2 Å². The number of aromatic nitrogens is 2. The smallest absolute Gasteiger partial charge is 0.226 e. The molecule has 0 saturated heterocycles. The van der Waals surface area contributed by atoms with Crippen LogP contribution in [0.2, 0.25) is 5.15 Å². The number of halogens is 2. The summed E-state index contributed by atoms with van der Waals surface area (Å²) < 4.78 is 20.8. The van der Waals surface area contributed by atoms with E-state index in [0.29, 0.717) is 52.1 Å². The second-order valence-electron chi connectivity index (χ2n) is 8.54. The van der Waals surface area contributed by atoms with Gasteiger partial charge in [-0.15, -0.1) is 0 Å². The molecule has 0 spiro atoms. The molecular weight excluding hydrogens is 439 g/mol. The molecule has 1 aliphatic rings. The van der Waals surface area contributed by atoms with Gasteiger partial charge in [-0.3, -0.25) is 4.79 Å². The van der Waals surface area contributed by atoms with Gasteiger partial charge in [-0.25, -0.2) is 14.4 Å². The Labute approximate surface area is 196 Å². The van der Waals surface area contributed by atoms with Crippen molar-refractivity contribution in [3.63, 3.8) is 0 Å². The fourth-order valence-electron chi connectivity index (χ4n) is 3.85. The molecule has 2 aromatic carbocycles. The van der Waals surface area contributed by atoms with Gasteiger partial charge < -0.3 is 4.42 Å². The first kappa shape index (κ1) is 21.5. The van der Waals surface area contributed by atoms with Crippen LogP contribution < -0.4 is 0 Å². The summed E-state index contributed by atoms with van der Waals surface area (Å²) in [4.78, 5) is 21.6. The van der Waals surface area contributed by atoms with Gasteiger partial charge in [-0.1, -0.05) is 29.8 Å². The van der Waals surface area contributed by atoms with Gasteiger partial charge in [0.1, 0.15) is 16.7 Å². The van der Waals surface area contributed by atoms with E-state index in [2.05, 4.69) is 9.97 Å². The highest BCUT2D eigenvalue weighted by Crippen LogP contribution is 2.41. The maximum atomic E-state index is 14.8. The third-order valence-electron chi connectivity index (χ3n) is 5.87. The molecule has 5 rings (SSSR count). The first-order valence-electron chi connectivity index (χ1n) is 11.0. The van der Waals surface area contributed by atoms with Crippen molar-refractivity contribution < 1.29 is 13.6 Å². The SMILES string of the molecule is Cc1ccc(-c2cc(C(=O)CCc3ccc(Cl)nc3)cc(-c3ncc(C4CC4)o3)c2)c(F)c1. The number of hydrogen-bond acceptors (Lipinski definition) is 4. The normalized spacial score (nSPS) is 13.3. The molecule has 0 bridgehead atoms. The number of carbonyl (C=O) groups excluding carboxylic acids is 1. The van der Waals surface area contributed by atoms with Crippen molar-refractivity contribution in [2.75, 3.05) is 0 Å². The van der Waals surface area contributed by atoms with Crippen LogP contribution in [0.3, 0.4) is 0 Å². The summed E-state index contributed by atoms with van der Waals surface area (Å²) in [7, 11) is 0. The van der Waals surface area contributed by atoms with Crippen LogP contribution >= 0.6 is 11.6 Å². The Morgan fingerprint density at radius 2 is 1.88 bits per heavy atom. The van der Waals surface area contributed by atoms with Gasteiger partial charge in [0.2, 0.25) is 5.89 Å². The lowest BCUT2D eigenvalue weighted by Crippen LogP contribution is -2.03. The zero-order chi connectivity index (χ0) is 22.9. The van der Waals surface area contributed by atoms with Crippen LogP contribution in [0.4, 0.5) is 4.39 Å². The second kappa shape index (κ2) is 8.91. The molecule has 166 valence electrons. The van der Waals surface area contributed by atoms with E-state index in [1.54, 1.807) is 36.7 Å². The van der Waals surface area contributed by atoms with Crippen LogP contribution in [0.15, 0.2) is 65.3 Å². The van der Waals surface area contributed by atoms with E-state index in [4.69, 9.17) is 16.0 Å². The number of oxazole rings is 1. The average Bonchev–Trinajstić information content (AvgIpc) is 3.54. The van der Waals surface area contributed by atoms with E-state index in [9.17, 15) is 9.18 Å². The summed E-state index contributed by atoms with van der Waals surface area (Å²) in [6, 6.07) is 14.0. The third kappa shape index (κ3) is 4.88. The molecule has 4 aromatic rings. The van der Waals surface area contributed by atoms with Crippen molar-refractivity contribution in [3.8, 4) is 22.6 Å². The molecule has 1 aliphatic carbocycles. The van der Waals surface area contributed by atoms with Crippen LogP contribution in [-0.2, 0) is 6.42 Å². The Hall–Kier alpha value is -3.31. The van der Waals surface area contributed by atoms with E-state index < -0.39 is 0 Å². The standard InChI is InChI=1S/C27H22ClFN2O2/c1-16-2-7-22(23(29)10-16)19-11-20(24(32)8-3-17-4-9-26(28)30-14-17)13-21(12-19)27-31-15-25(33-27)18-5-6-18/h2,4,7,9-15,18H,3,5-6,8H2,1H3. The fraction of sp³-hybridized carbons (Fsp3) is 0.222. The quantitative estimate of drug-likeness (QED) is 0.216. The summed E-state index contributed by atoms with van der Waals surface area (Å²) in [5.41, 5.74) is 3.98. The Morgan fingerprint density at radius 1 is 1.06 bits per heavy atom. The number of nitrogens with zero attached hydrogens (tertiary/aromatic N) is 2. The second-order valence-corrected chi connectivity index (χ2v) is 8.92. The highest BCUT2D eigenvalue weighted by molar-refractivity contribution is 6.29. The zero-order valence-electron chi connectivity index (χ0n) is 18.1. The first-order chi connectivity index (χ1) is 16.0. The van der Waals surface area contributed by atoms with E-state index >= 15 is 0 Å². The predicted octanol–water partition coefficient (Wildman–Crippen LogP) is 7.20. The highest BCUT2D eigenvalue weighted by atomic mass is 35.5. The molecule has 0 aliphatic heterocycles. The van der Waals surface area contributed by atoms with Crippen LogP contribution in [0, 0.1) is 12.7 Å². The minimum Gasteiger partial charge on any atom is -0.441 e. The van der Waals surface area contributed by atoms with Gasteiger partial charge in [0.15, 0.2) is 5.78 Å². The number of Topliss-reactive ketones (excluding diaryl/α,β-unsaturated/α-hetero) is 1. The Kier molecular flexibility index (Phi) is 5.81. The van der Waals surface area contributed by atoms with E-state index in [-0.39, 0.29) is 11.6 Å². The predicted molar refractivity (Wildman–Crippen MR) is 126 cm³/mol. The number of rotatable bonds is 7. The summed E-state index contributed by atoms with van der Waals surface area (Å²) in [6.45, 7) is 1.84. The van der Waals surface area contributed by atoms with Crippen LogP contribution in [0.25, 0.3) is 22.6 Å². The maximum Gasteiger partial charge on any atom is 0.226 e. The summed E-state index contributed by atoms with van der Waals surface area (Å²) in [5.74, 6) is 1.36. The number of hydrogen-bond donors (Lipinski definition) is 0. The number of aryl methyl sites for hydroxylation is 2. The lowest BCUT2D eigenvalue weighted by molar-refractivity contribution is 0.0983. The largest absolute Gasteiger partial charge is 0.441 e. The molecule has 0 radical (unpaired) electrons. The molecule has 2 heterocycles. The molecule has 4 nitrogen and oxygen atoms in total. The van der Waals surface area contributed by atoms with Crippen LogP contribution in [0.5, 0.6) is 0 Å². The lowest BCUT2D eigenvalue weighted by Gasteiger charge is -2.10. The third-order valence-corrected chi connectivity index (χ3v) is 6.09. The molecule has 6 heteroatoms. The molecule has 0 atom stereocenters. The minimum absolute atomic E-state index is 0.0467. The van der Waals surface area contributed by atoms with Gasteiger partial charge in [0.05, 0.1) is 6.20 Å². The molecule has 33 heavy (non-hydrogen) atoms. The topological polar surface area (TPSA) is 56.0 Å². The summed E-state index contributed by atoms with van der Waals surface area (Å²) >= 11 is 5.85.